The molecule has 9 aliphatic carbocycles. The van der Waals surface area contributed by atoms with Gasteiger partial charge in [-0.25, -0.2) is 0 Å². The van der Waals surface area contributed by atoms with Gasteiger partial charge in [0.15, 0.2) is 0 Å². The predicted molar refractivity (Wildman–Crippen MR) is 632 cm³/mol. The maximum Gasteiger partial charge on any atom is 0.219 e. The van der Waals surface area contributed by atoms with Crippen LogP contribution in [0.1, 0.15) is 341 Å². The van der Waals surface area contributed by atoms with Crippen molar-refractivity contribution in [3.63, 3.8) is 0 Å². The molecule has 20 nitrogen and oxygen atoms in total. The quantitative estimate of drug-likeness (QED) is 0.0202. The summed E-state index contributed by atoms with van der Waals surface area (Å²) >= 11 is 0. The molecule has 4 bridgehead atoms. The summed E-state index contributed by atoms with van der Waals surface area (Å²) < 4.78 is 11.6. The fourth-order valence-electron chi connectivity index (χ4n) is 22.1. The van der Waals surface area contributed by atoms with Crippen LogP contribution in [0.2, 0.25) is 0 Å². The Kier molecular flexibility index (Phi) is 65.9. The summed E-state index contributed by atoms with van der Waals surface area (Å²) in [4.78, 5) is 25.1. The number of amides is 1. The summed E-state index contributed by atoms with van der Waals surface area (Å²) in [5.41, 5.74) is 9.56. The van der Waals surface area contributed by atoms with E-state index in [1.807, 2.05) is 4.90 Å². The Balaban J connectivity index is 0.000000404. The number of rotatable bonds is 43. The Hall–Kier alpha value is -3.70. The van der Waals surface area contributed by atoms with Crippen LogP contribution in [0.4, 0.5) is 0 Å². The molecule has 9 saturated carbocycles. The largest absolute Gasteiger partial charge is 0.396 e. The lowest BCUT2D eigenvalue weighted by Gasteiger charge is -2.67. The summed E-state index contributed by atoms with van der Waals surface area (Å²) in [6, 6.07) is 4.87. The number of likely N-dealkylation sites (N-methyl/N-ethyl adjacent to an activating group) is 3. The van der Waals surface area contributed by atoms with Crippen molar-refractivity contribution < 1.29 is 14.1 Å². The molecule has 7 saturated heterocycles. The van der Waals surface area contributed by atoms with Crippen LogP contribution in [0.25, 0.3) is 0 Å². The van der Waals surface area contributed by atoms with E-state index in [0.29, 0.717) is 59.6 Å². The van der Waals surface area contributed by atoms with Crippen molar-refractivity contribution in [1.82, 2.24) is 82.6 Å². The number of carbonyl (C=O) groups is 1. The van der Waals surface area contributed by atoms with Crippen molar-refractivity contribution in [2.24, 2.45) is 117 Å². The molecule has 0 radical (unpaired) electrons. The zero-order chi connectivity index (χ0) is 108. The SMILES string of the molecule is C=C1CCC(CNCC(C)C)C1.C=C1CCC(CNCC(C)C)N1C.C=C1CC[C@@H](CNCC(C)C)C1.C=C1CC[C@@H](CNCC(C)C)N1C.C=C1CC[C@H](CNCC(C)C)C1.C=C1CC[C@H](CNCC(C)C)N1C.C=S1(=O)CCC(CNCC(C)C)C1.CC(=O)N1CCCC1CNCC(C)C.CC(C)CN1CC(C)(CO)C1.CC(C)CN1CC(C)C1.CC(C)CNC12CC(C#N)(C1)C2.CC(C)CNC12CC(C1)C2. The molecule has 5 unspecified atom stereocenters. The topological polar surface area (TPSA) is 218 Å². The number of likely N-dealkylation sites (tertiary alicyclic amines) is 6. The van der Waals surface area contributed by atoms with Gasteiger partial charge in [0.1, 0.15) is 0 Å². The molecule has 0 aromatic heterocycles. The van der Waals surface area contributed by atoms with E-state index in [-0.39, 0.29) is 16.7 Å². The average molecular weight is 2040 g/mol. The number of nitrogens with one attached hydrogen (secondary N) is 10. The second-order valence-electron chi connectivity index (χ2n) is 53.4. The standard InChI is InChI=1S/C11H22N2O.3C11H22N2.3C11H21N.C10H16N2.C10H21NOS.C9H19NO.C9H17N.C8H17N/c1-9(2)7-12-8-11-5-4-6-13(11)10(3)14;3*1-9(2)7-12-8-11-6-5-10(3)13(11)4;3*1-9(2)7-12-8-11-5-4-10(3)6-11;1-8(2)3-12-10-4-9(5-10,6-10)7-11;1-9(2)6-11-7-10-4-5-13(3,12)8-10;1-8(2)4-10-5-9(3,6-10)7-11;1-7(2)6-10-9-3-8(4-9)5-9;1-7(2)4-9-5-8(3)6-9/h9,11-12H,4-8H2,1-3H3;3*9,11-12H,3,5-8H2,1-2,4H3;3*9,11-12H,3-8H2,1-2H3;8,12H,3-6H2,1-2H3;9-11H,3-8H2,1-2H3;8,11H,4-7H2,1-3H3;7-8,10H,3-6H2,1-2H3;7-8H,4-6H2,1-3H3/t;2*11-;;2*11-;;;;;;/m.10.10....../s1. The molecule has 16 aliphatic rings. The third kappa shape index (κ3) is 57.8. The lowest BCUT2D eigenvalue weighted by atomic mass is 9.40. The van der Waals surface area contributed by atoms with E-state index >= 15 is 0 Å². The number of carbonyl (C=O) groups excluding carboxylic acids is 1. The van der Waals surface area contributed by atoms with Gasteiger partial charge in [-0.3, -0.25) is 9.00 Å². The monoisotopic (exact) mass is 2040 g/mol. The molecule has 11 N–H and O–H groups in total. The van der Waals surface area contributed by atoms with Crippen molar-refractivity contribution in [3.05, 3.63) is 73.3 Å². The van der Waals surface area contributed by atoms with E-state index in [1.54, 1.807) is 6.92 Å². The number of aliphatic hydroxyl groups is 1. The smallest absolute Gasteiger partial charge is 0.219 e. The Morgan fingerprint density at radius 1 is 0.417 bits per heavy atom. The minimum Gasteiger partial charge on any atom is -0.396 e. The molecule has 16 fully saturated rings. The van der Waals surface area contributed by atoms with Crippen LogP contribution in [0.5, 0.6) is 0 Å². The molecular weight excluding hydrogens is 1800 g/mol. The maximum absolute atomic E-state index is 11.6. The molecule has 1 amide bonds. The van der Waals surface area contributed by atoms with E-state index in [1.165, 1.54) is 202 Å². The lowest BCUT2D eigenvalue weighted by molar-refractivity contribution is -0.129. The van der Waals surface area contributed by atoms with Crippen molar-refractivity contribution in [3.8, 4) is 6.07 Å². The summed E-state index contributed by atoms with van der Waals surface area (Å²) in [6.45, 7) is 113. The van der Waals surface area contributed by atoms with E-state index in [2.05, 4.69) is 330 Å². The van der Waals surface area contributed by atoms with E-state index in [4.69, 9.17) is 10.4 Å². The molecular formula is C123H241N17O3S. The Labute approximate surface area is 893 Å². The number of hydrogen-bond acceptors (Lipinski definition) is 19. The minimum absolute atomic E-state index is 0.101. The van der Waals surface area contributed by atoms with Crippen LogP contribution in [0.3, 0.4) is 0 Å². The first kappa shape index (κ1) is 134. The highest BCUT2D eigenvalue weighted by Gasteiger charge is 2.68. The number of hydrogen-bond donors (Lipinski definition) is 11. The first-order valence-electron chi connectivity index (χ1n) is 59.0. The molecule has 0 aromatic carbocycles. The first-order chi connectivity index (χ1) is 67.5. The first-order valence-corrected chi connectivity index (χ1v) is 61.0. The van der Waals surface area contributed by atoms with Gasteiger partial charge in [0.25, 0.3) is 0 Å². The van der Waals surface area contributed by atoms with Crippen LogP contribution in [-0.4, -0.2) is 289 Å². The molecule has 0 aromatic rings. The summed E-state index contributed by atoms with van der Waals surface area (Å²) in [7, 11) is 4.76. The lowest BCUT2D eigenvalue weighted by Crippen LogP contribution is -2.73. The zero-order valence-corrected chi connectivity index (χ0v) is 101. The number of allylic oxidation sites excluding steroid dienone is 6. The fourth-order valence-corrected chi connectivity index (χ4v) is 24.2. The summed E-state index contributed by atoms with van der Waals surface area (Å²) in [6.07, 6.45) is 30.0. The van der Waals surface area contributed by atoms with E-state index in [0.717, 1.165) is 250 Å². The predicted octanol–water partition coefficient (Wildman–Crippen LogP) is 21.5. The third-order valence-electron chi connectivity index (χ3n) is 30.8. The third-order valence-corrected chi connectivity index (χ3v) is 32.9. The Morgan fingerprint density at radius 3 is 0.965 bits per heavy atom. The van der Waals surface area contributed by atoms with Crippen LogP contribution >= 0.6 is 0 Å². The highest BCUT2D eigenvalue weighted by atomic mass is 32.2. The molecule has 7 aliphatic heterocycles. The zero-order valence-electron chi connectivity index (χ0n) is 100. The van der Waals surface area contributed by atoms with E-state index < -0.39 is 9.52 Å². The Morgan fingerprint density at radius 2 is 0.722 bits per heavy atom. The van der Waals surface area contributed by atoms with Gasteiger partial charge < -0.3 is 87.7 Å². The van der Waals surface area contributed by atoms with Gasteiger partial charge in [-0.15, -0.1) is 0 Å². The van der Waals surface area contributed by atoms with Gasteiger partial charge in [0.05, 0.1) is 18.1 Å². The molecule has 21 heteroatoms. The van der Waals surface area contributed by atoms with Crippen molar-refractivity contribution in [2.45, 2.75) is 376 Å². The molecule has 9 atom stereocenters. The average Bonchev–Trinajstić information content (AvgIpc) is 0.729. The maximum atomic E-state index is 11.6. The van der Waals surface area contributed by atoms with Gasteiger partial charge in [-0.1, -0.05) is 236 Å². The fraction of sp³-hybridized carbons (Fsp3) is 0.878. The molecule has 0 spiro atoms. The number of nitriles is 1. The highest BCUT2D eigenvalue weighted by Crippen LogP contribution is 2.66. The molecule has 7 heterocycles. The van der Waals surface area contributed by atoms with Gasteiger partial charge in [-0.2, -0.15) is 5.26 Å². The van der Waals surface area contributed by atoms with Gasteiger partial charge >= 0.3 is 0 Å². The van der Waals surface area contributed by atoms with Crippen LogP contribution in [0, 0.1) is 129 Å². The molecule has 144 heavy (non-hydrogen) atoms. The summed E-state index contributed by atoms with van der Waals surface area (Å²) in [5, 5.41) is 52.8. The van der Waals surface area contributed by atoms with Crippen LogP contribution in [0.15, 0.2) is 73.3 Å². The Bertz CT molecular complexity index is 3440. The highest BCUT2D eigenvalue weighted by molar-refractivity contribution is 8.00. The van der Waals surface area contributed by atoms with Crippen molar-refractivity contribution in [1.29, 1.82) is 5.26 Å². The van der Waals surface area contributed by atoms with Crippen LogP contribution in [-0.2, 0) is 14.3 Å². The minimum atomic E-state index is -1.69. The second-order valence-corrected chi connectivity index (χ2v) is 56.0. The van der Waals surface area contributed by atoms with Crippen molar-refractivity contribution >= 4 is 21.3 Å². The second kappa shape index (κ2) is 70.6. The number of aliphatic hydroxyl groups excluding tert-OH is 1. The number of nitrogens with zero attached hydrogens (tertiary/aromatic N) is 7. The summed E-state index contributed by atoms with van der Waals surface area (Å²) in [5.74, 6) is 20.0. The normalized spacial score (nSPS) is 27.3. The van der Waals surface area contributed by atoms with Crippen LogP contribution < -0.4 is 53.2 Å². The molecule has 16 rings (SSSR count). The van der Waals surface area contributed by atoms with Crippen molar-refractivity contribution in [2.75, 3.05) is 203 Å². The van der Waals surface area contributed by atoms with Gasteiger partial charge in [0, 0.05) is 169 Å². The van der Waals surface area contributed by atoms with E-state index in [9.17, 15) is 9.00 Å². The van der Waals surface area contributed by atoms with Gasteiger partial charge in [-0.05, 0) is 368 Å². The molecule has 842 valence electrons. The van der Waals surface area contributed by atoms with Gasteiger partial charge in [0.2, 0.25) is 5.91 Å².